The number of benzene rings is 1. The first-order valence-electron chi connectivity index (χ1n) is 6.56. The minimum Gasteiger partial charge on any atom is -0.490 e. The van der Waals surface area contributed by atoms with Gasteiger partial charge in [0, 0.05) is 0 Å². The summed E-state index contributed by atoms with van der Waals surface area (Å²) in [6.45, 7) is -0.149. The maximum atomic E-state index is 11.9. The molecule has 0 bridgehead atoms. The molecule has 1 aromatic carbocycles. The zero-order valence-corrected chi connectivity index (χ0v) is 12.0. The number of nitrogens with one attached hydrogen (secondary N) is 1. The van der Waals surface area contributed by atoms with E-state index in [-0.39, 0.29) is 19.0 Å². The third kappa shape index (κ3) is 3.62. The van der Waals surface area contributed by atoms with Crippen molar-refractivity contribution in [3.8, 4) is 5.75 Å². The Hall–Kier alpha value is -1.31. The monoisotopic (exact) mass is 300 g/mol. The third-order valence-electron chi connectivity index (χ3n) is 3.51. The summed E-state index contributed by atoms with van der Waals surface area (Å²) >= 11 is 0. The first-order valence-corrected chi connectivity index (χ1v) is 8.21. The Morgan fingerprint density at radius 3 is 2.60 bits per heavy atom. The number of aliphatic hydroxyl groups excluding tert-OH is 1. The van der Waals surface area contributed by atoms with E-state index in [0.717, 1.165) is 6.42 Å². The van der Waals surface area contributed by atoms with Crippen molar-refractivity contribution in [3.63, 3.8) is 0 Å². The number of rotatable bonds is 7. The number of aliphatic hydroxyl groups is 1. The fraction of sp³-hybridized carbons (Fsp3) is 0.538. The van der Waals surface area contributed by atoms with Crippen molar-refractivity contribution in [2.75, 3.05) is 24.7 Å². The molecule has 0 atom stereocenters. The van der Waals surface area contributed by atoms with Gasteiger partial charge in [-0.2, -0.15) is 0 Å². The molecule has 0 spiro atoms. The van der Waals surface area contributed by atoms with Gasteiger partial charge in [-0.15, -0.1) is 0 Å². The topological polar surface area (TPSA) is 102 Å². The highest BCUT2D eigenvalue weighted by Gasteiger charge is 2.39. The molecule has 0 heterocycles. The van der Waals surface area contributed by atoms with Crippen molar-refractivity contribution in [1.29, 1.82) is 0 Å². The first kappa shape index (κ1) is 15.1. The van der Waals surface area contributed by atoms with Crippen LogP contribution in [0, 0.1) is 0 Å². The lowest BCUT2D eigenvalue weighted by Crippen LogP contribution is -2.56. The molecule has 0 amide bonds. The number of para-hydroxylation sites is 2. The van der Waals surface area contributed by atoms with Gasteiger partial charge in [-0.1, -0.05) is 12.1 Å². The Kier molecular flexibility index (Phi) is 4.52. The van der Waals surface area contributed by atoms with Gasteiger partial charge in [-0.25, -0.2) is 13.1 Å². The zero-order valence-electron chi connectivity index (χ0n) is 11.2. The van der Waals surface area contributed by atoms with Crippen LogP contribution in [0.1, 0.15) is 19.3 Å². The number of hydrogen-bond acceptors (Lipinski definition) is 5. The van der Waals surface area contributed by atoms with E-state index in [1.807, 2.05) is 0 Å². The van der Waals surface area contributed by atoms with Crippen molar-refractivity contribution in [2.24, 2.45) is 0 Å². The van der Waals surface area contributed by atoms with E-state index in [0.29, 0.717) is 24.3 Å². The van der Waals surface area contributed by atoms with Crippen LogP contribution in [0.25, 0.3) is 0 Å². The molecule has 1 aliphatic rings. The minimum absolute atomic E-state index is 0.0189. The average molecular weight is 300 g/mol. The fourth-order valence-electron chi connectivity index (χ4n) is 2.15. The number of hydrogen-bond donors (Lipinski definition) is 3. The number of sulfonamides is 1. The van der Waals surface area contributed by atoms with E-state index in [2.05, 4.69) is 4.72 Å². The highest BCUT2D eigenvalue weighted by Crippen LogP contribution is 2.31. The van der Waals surface area contributed by atoms with Gasteiger partial charge in [-0.05, 0) is 31.4 Å². The van der Waals surface area contributed by atoms with Gasteiger partial charge in [0.15, 0.2) is 0 Å². The molecule has 0 aromatic heterocycles. The second-order valence-electron chi connectivity index (χ2n) is 5.10. The van der Waals surface area contributed by atoms with Crippen LogP contribution in [0.3, 0.4) is 0 Å². The van der Waals surface area contributed by atoms with E-state index in [4.69, 9.17) is 10.5 Å². The number of ether oxygens (including phenoxy) is 1. The molecule has 4 N–H and O–H groups in total. The molecule has 1 saturated carbocycles. The van der Waals surface area contributed by atoms with Crippen LogP contribution in [-0.4, -0.2) is 38.0 Å². The van der Waals surface area contributed by atoms with Crippen molar-refractivity contribution >= 4 is 15.7 Å². The largest absolute Gasteiger partial charge is 0.490 e. The molecule has 20 heavy (non-hydrogen) atoms. The fourth-order valence-corrected chi connectivity index (χ4v) is 3.48. The third-order valence-corrected chi connectivity index (χ3v) is 4.96. The predicted octanol–water partition coefficient (Wildman–Crippen LogP) is 0.482. The normalized spacial score (nSPS) is 17.4. The predicted molar refractivity (Wildman–Crippen MR) is 76.9 cm³/mol. The van der Waals surface area contributed by atoms with Crippen LogP contribution in [-0.2, 0) is 10.0 Å². The summed E-state index contributed by atoms with van der Waals surface area (Å²) in [5.74, 6) is 0.312. The van der Waals surface area contributed by atoms with Gasteiger partial charge < -0.3 is 15.6 Å². The van der Waals surface area contributed by atoms with Crippen molar-refractivity contribution < 1.29 is 18.3 Å². The molecular formula is C13H20N2O4S. The summed E-state index contributed by atoms with van der Waals surface area (Å²) in [4.78, 5) is 0. The lowest BCUT2D eigenvalue weighted by molar-refractivity contribution is 0.110. The lowest BCUT2D eigenvalue weighted by Gasteiger charge is -2.40. The van der Waals surface area contributed by atoms with Crippen LogP contribution in [0.2, 0.25) is 0 Å². The van der Waals surface area contributed by atoms with Crippen molar-refractivity contribution in [1.82, 2.24) is 4.72 Å². The Morgan fingerprint density at radius 2 is 2.05 bits per heavy atom. The summed E-state index contributed by atoms with van der Waals surface area (Å²) < 4.78 is 31.8. The summed E-state index contributed by atoms with van der Waals surface area (Å²) in [6.07, 6.45) is 2.28. The first-order chi connectivity index (χ1) is 9.46. The summed E-state index contributed by atoms with van der Waals surface area (Å²) in [6, 6.07) is 6.93. The summed E-state index contributed by atoms with van der Waals surface area (Å²) in [5, 5.41) is 9.26. The Morgan fingerprint density at radius 1 is 1.35 bits per heavy atom. The summed E-state index contributed by atoms with van der Waals surface area (Å²) in [7, 11) is -3.47. The van der Waals surface area contributed by atoms with Gasteiger partial charge in [0.1, 0.15) is 12.4 Å². The van der Waals surface area contributed by atoms with Gasteiger partial charge in [-0.3, -0.25) is 0 Å². The number of nitrogens with two attached hydrogens (primary N) is 1. The highest BCUT2D eigenvalue weighted by molar-refractivity contribution is 7.89. The van der Waals surface area contributed by atoms with E-state index < -0.39 is 15.6 Å². The molecule has 2 rings (SSSR count). The van der Waals surface area contributed by atoms with E-state index in [1.54, 1.807) is 24.3 Å². The maximum Gasteiger partial charge on any atom is 0.215 e. The van der Waals surface area contributed by atoms with Crippen molar-refractivity contribution in [3.05, 3.63) is 24.3 Å². The van der Waals surface area contributed by atoms with Crippen LogP contribution >= 0.6 is 0 Å². The van der Waals surface area contributed by atoms with E-state index >= 15 is 0 Å². The standard InChI is InChI=1S/C13H20N2O4S/c14-11-4-1-2-5-12(11)19-8-9-20(17,18)15-13(10-16)6-3-7-13/h1-2,4-5,15-16H,3,6-10,14H2. The van der Waals surface area contributed by atoms with Gasteiger partial charge in [0.25, 0.3) is 0 Å². The zero-order chi connectivity index (χ0) is 14.6. The molecule has 7 heteroatoms. The van der Waals surface area contributed by atoms with E-state index in [1.165, 1.54) is 0 Å². The van der Waals surface area contributed by atoms with Gasteiger partial charge >= 0.3 is 0 Å². The van der Waals surface area contributed by atoms with Crippen LogP contribution in [0.5, 0.6) is 5.75 Å². The molecule has 0 aliphatic heterocycles. The van der Waals surface area contributed by atoms with Crippen molar-refractivity contribution in [2.45, 2.75) is 24.8 Å². The molecule has 0 radical (unpaired) electrons. The Balaban J connectivity index is 1.85. The molecule has 1 fully saturated rings. The maximum absolute atomic E-state index is 11.9. The summed E-state index contributed by atoms with van der Waals surface area (Å²) in [5.41, 5.74) is 5.51. The molecule has 112 valence electrons. The second kappa shape index (κ2) is 5.99. The van der Waals surface area contributed by atoms with Crippen LogP contribution < -0.4 is 15.2 Å². The lowest BCUT2D eigenvalue weighted by atomic mass is 9.78. The highest BCUT2D eigenvalue weighted by atomic mass is 32.2. The van der Waals surface area contributed by atoms with Gasteiger partial charge in [0.2, 0.25) is 10.0 Å². The molecule has 0 saturated heterocycles. The molecular weight excluding hydrogens is 280 g/mol. The van der Waals surface area contributed by atoms with E-state index in [9.17, 15) is 13.5 Å². The van der Waals surface area contributed by atoms with Gasteiger partial charge in [0.05, 0.1) is 23.6 Å². The molecule has 0 unspecified atom stereocenters. The molecule has 1 aliphatic carbocycles. The SMILES string of the molecule is Nc1ccccc1OCCS(=O)(=O)NC1(CO)CCC1. The Bertz CT molecular complexity index is 550. The van der Waals surface area contributed by atoms with Crippen LogP contribution in [0.4, 0.5) is 5.69 Å². The average Bonchev–Trinajstić information content (AvgIpc) is 2.36. The number of anilines is 1. The number of nitrogen functional groups attached to an aromatic ring is 1. The molecule has 1 aromatic rings. The smallest absolute Gasteiger partial charge is 0.215 e. The Labute approximate surface area is 119 Å². The molecule has 6 nitrogen and oxygen atoms in total. The minimum atomic E-state index is -3.47. The van der Waals surface area contributed by atoms with Crippen LogP contribution in [0.15, 0.2) is 24.3 Å². The quantitative estimate of drug-likeness (QED) is 0.636. The second-order valence-corrected chi connectivity index (χ2v) is 6.94.